The molecule has 0 radical (unpaired) electrons. The van der Waals surface area contributed by atoms with Gasteiger partial charge in [0.1, 0.15) is 0 Å². The van der Waals surface area contributed by atoms with Crippen LogP contribution in [0.15, 0.2) is 77.9 Å². The van der Waals surface area contributed by atoms with Crippen molar-refractivity contribution in [2.75, 3.05) is 10.6 Å². The molecule has 0 spiro atoms. The molecular formula is C23H16ClF3N4O3. The molecule has 0 fully saturated rings. The molecule has 3 N–H and O–H groups in total. The first-order valence-electron chi connectivity index (χ1n) is 9.61. The van der Waals surface area contributed by atoms with E-state index in [1.165, 1.54) is 24.3 Å². The molecule has 0 aliphatic carbocycles. The first-order valence-corrected chi connectivity index (χ1v) is 9.99. The lowest BCUT2D eigenvalue weighted by molar-refractivity contribution is -0.137. The standard InChI is InChI=1S/C23H16ClF3N4O3/c24-15-9-11-16(12-10-15)29-20(32)17-6-2-4-8-19(17)30-21(33)22(34)31-28-13-14-5-1-3-7-18(14)23(25,26)27/h1-13H,(H,29,32)(H,30,33)(H,31,34). The summed E-state index contributed by atoms with van der Waals surface area (Å²) in [5.74, 6) is -2.97. The van der Waals surface area contributed by atoms with Crippen LogP contribution in [0.1, 0.15) is 21.5 Å². The quantitative estimate of drug-likeness (QED) is 0.276. The van der Waals surface area contributed by atoms with Crippen molar-refractivity contribution in [3.63, 3.8) is 0 Å². The van der Waals surface area contributed by atoms with E-state index >= 15 is 0 Å². The van der Waals surface area contributed by atoms with Gasteiger partial charge in [0.15, 0.2) is 0 Å². The highest BCUT2D eigenvalue weighted by Gasteiger charge is 2.32. The number of para-hydroxylation sites is 1. The summed E-state index contributed by atoms with van der Waals surface area (Å²) in [6.07, 6.45) is -3.83. The van der Waals surface area contributed by atoms with Crippen molar-refractivity contribution in [1.82, 2.24) is 5.43 Å². The van der Waals surface area contributed by atoms with E-state index in [1.54, 1.807) is 36.4 Å². The van der Waals surface area contributed by atoms with Gasteiger partial charge in [-0.3, -0.25) is 14.4 Å². The molecule has 0 heterocycles. The maximum absolute atomic E-state index is 13.0. The van der Waals surface area contributed by atoms with Crippen molar-refractivity contribution in [3.8, 4) is 0 Å². The molecule has 3 aromatic rings. The van der Waals surface area contributed by atoms with Crippen LogP contribution in [-0.2, 0) is 15.8 Å². The van der Waals surface area contributed by atoms with E-state index in [1.807, 2.05) is 5.43 Å². The number of anilines is 2. The van der Waals surface area contributed by atoms with Crippen molar-refractivity contribution in [3.05, 3.63) is 94.5 Å². The molecule has 0 aliphatic heterocycles. The van der Waals surface area contributed by atoms with Crippen LogP contribution in [0.25, 0.3) is 0 Å². The van der Waals surface area contributed by atoms with Gasteiger partial charge in [-0.1, -0.05) is 41.9 Å². The van der Waals surface area contributed by atoms with Crippen LogP contribution in [0.4, 0.5) is 24.5 Å². The van der Waals surface area contributed by atoms with Gasteiger partial charge < -0.3 is 10.6 Å². The topological polar surface area (TPSA) is 99.7 Å². The Morgan fingerprint density at radius 2 is 1.47 bits per heavy atom. The fourth-order valence-electron chi connectivity index (χ4n) is 2.78. The van der Waals surface area contributed by atoms with E-state index in [9.17, 15) is 27.6 Å². The molecule has 11 heteroatoms. The number of alkyl halides is 3. The Hall–Kier alpha value is -4.18. The zero-order valence-electron chi connectivity index (χ0n) is 17.2. The number of carbonyl (C=O) groups is 3. The van der Waals surface area contributed by atoms with E-state index in [0.717, 1.165) is 18.3 Å². The van der Waals surface area contributed by atoms with Crippen LogP contribution in [-0.4, -0.2) is 23.9 Å². The molecule has 3 rings (SSSR count). The highest BCUT2D eigenvalue weighted by atomic mass is 35.5. The minimum atomic E-state index is -4.61. The second-order valence-electron chi connectivity index (χ2n) is 6.74. The van der Waals surface area contributed by atoms with Crippen LogP contribution in [0.3, 0.4) is 0 Å². The van der Waals surface area contributed by atoms with Gasteiger partial charge in [0.2, 0.25) is 0 Å². The largest absolute Gasteiger partial charge is 0.417 e. The van der Waals surface area contributed by atoms with Crippen LogP contribution >= 0.6 is 11.6 Å². The van der Waals surface area contributed by atoms with Gasteiger partial charge in [-0.25, -0.2) is 5.43 Å². The molecule has 0 saturated carbocycles. The second-order valence-corrected chi connectivity index (χ2v) is 7.18. The summed E-state index contributed by atoms with van der Waals surface area (Å²) >= 11 is 5.82. The summed E-state index contributed by atoms with van der Waals surface area (Å²) < 4.78 is 39.0. The Kier molecular flexibility index (Phi) is 7.64. The molecule has 174 valence electrons. The summed E-state index contributed by atoms with van der Waals surface area (Å²) in [6, 6.07) is 16.9. The molecular weight excluding hydrogens is 473 g/mol. The Balaban J connectivity index is 1.66. The Morgan fingerprint density at radius 1 is 0.824 bits per heavy atom. The summed E-state index contributed by atoms with van der Waals surface area (Å²) in [4.78, 5) is 36.9. The van der Waals surface area contributed by atoms with Crippen LogP contribution in [0, 0.1) is 0 Å². The number of hydrogen-bond acceptors (Lipinski definition) is 4. The Morgan fingerprint density at radius 3 is 2.18 bits per heavy atom. The van der Waals surface area contributed by atoms with Gasteiger partial charge in [-0.2, -0.15) is 18.3 Å². The zero-order chi connectivity index (χ0) is 24.7. The first-order chi connectivity index (χ1) is 16.1. The van der Waals surface area contributed by atoms with Gasteiger partial charge in [-0.15, -0.1) is 0 Å². The van der Waals surface area contributed by atoms with E-state index < -0.39 is 29.5 Å². The number of carbonyl (C=O) groups excluding carboxylic acids is 3. The fourth-order valence-corrected chi connectivity index (χ4v) is 2.91. The average Bonchev–Trinajstić information content (AvgIpc) is 2.80. The zero-order valence-corrected chi connectivity index (χ0v) is 17.9. The lowest BCUT2D eigenvalue weighted by Gasteiger charge is -2.11. The van der Waals surface area contributed by atoms with Gasteiger partial charge in [0, 0.05) is 16.3 Å². The van der Waals surface area contributed by atoms with Gasteiger partial charge >= 0.3 is 18.0 Å². The van der Waals surface area contributed by atoms with Gasteiger partial charge in [0.05, 0.1) is 23.0 Å². The number of halogens is 4. The SMILES string of the molecule is O=C(NN=Cc1ccccc1C(F)(F)F)C(=O)Nc1ccccc1C(=O)Nc1ccc(Cl)cc1. The van der Waals surface area contributed by atoms with Crippen molar-refractivity contribution in [2.45, 2.75) is 6.18 Å². The lowest BCUT2D eigenvalue weighted by Crippen LogP contribution is -2.33. The monoisotopic (exact) mass is 488 g/mol. The maximum Gasteiger partial charge on any atom is 0.417 e. The molecule has 0 aromatic heterocycles. The van der Waals surface area contributed by atoms with Crippen molar-refractivity contribution in [1.29, 1.82) is 0 Å². The number of nitrogens with one attached hydrogen (secondary N) is 3. The molecule has 0 aliphatic rings. The summed E-state index contributed by atoms with van der Waals surface area (Å²) in [7, 11) is 0. The third-order valence-electron chi connectivity index (χ3n) is 4.36. The summed E-state index contributed by atoms with van der Waals surface area (Å²) in [5.41, 5.74) is 1.20. The van der Waals surface area contributed by atoms with Crippen LogP contribution < -0.4 is 16.1 Å². The van der Waals surface area contributed by atoms with Crippen LogP contribution in [0.2, 0.25) is 5.02 Å². The number of nitrogens with zero attached hydrogens (tertiary/aromatic N) is 1. The second kappa shape index (κ2) is 10.6. The molecule has 3 amide bonds. The third-order valence-corrected chi connectivity index (χ3v) is 4.62. The molecule has 3 aromatic carbocycles. The van der Waals surface area contributed by atoms with Gasteiger partial charge in [0.25, 0.3) is 5.91 Å². The molecule has 0 atom stereocenters. The maximum atomic E-state index is 13.0. The molecule has 0 saturated heterocycles. The van der Waals surface area contributed by atoms with Gasteiger partial charge in [-0.05, 0) is 42.5 Å². The van der Waals surface area contributed by atoms with E-state index in [0.29, 0.717) is 10.7 Å². The fraction of sp³-hybridized carbons (Fsp3) is 0.0435. The number of rotatable bonds is 5. The highest BCUT2D eigenvalue weighted by molar-refractivity contribution is 6.40. The molecule has 0 bridgehead atoms. The summed E-state index contributed by atoms with van der Waals surface area (Å²) in [6.45, 7) is 0. The predicted octanol–water partition coefficient (Wildman–Crippen LogP) is 4.70. The Labute approximate surface area is 196 Å². The summed E-state index contributed by atoms with van der Waals surface area (Å²) in [5, 5.41) is 8.83. The number of hydrogen-bond donors (Lipinski definition) is 3. The number of benzene rings is 3. The van der Waals surface area contributed by atoms with E-state index in [-0.39, 0.29) is 16.8 Å². The minimum absolute atomic E-state index is 0.0421. The third kappa shape index (κ3) is 6.42. The van der Waals surface area contributed by atoms with Crippen LogP contribution in [0.5, 0.6) is 0 Å². The average molecular weight is 489 g/mol. The minimum Gasteiger partial charge on any atom is -0.322 e. The van der Waals surface area contributed by atoms with Crippen molar-refractivity contribution < 1.29 is 27.6 Å². The number of amides is 3. The smallest absolute Gasteiger partial charge is 0.322 e. The normalized spacial score (nSPS) is 11.2. The van der Waals surface area contributed by atoms with E-state index in [4.69, 9.17) is 11.6 Å². The highest BCUT2D eigenvalue weighted by Crippen LogP contribution is 2.31. The lowest BCUT2D eigenvalue weighted by atomic mass is 10.1. The van der Waals surface area contributed by atoms with E-state index in [2.05, 4.69) is 15.7 Å². The Bertz CT molecular complexity index is 1240. The first kappa shape index (κ1) is 24.5. The molecule has 0 unspecified atom stereocenters. The molecule has 34 heavy (non-hydrogen) atoms. The van der Waals surface area contributed by atoms with Crippen molar-refractivity contribution in [2.24, 2.45) is 5.10 Å². The predicted molar refractivity (Wildman–Crippen MR) is 122 cm³/mol. The molecule has 7 nitrogen and oxygen atoms in total. The van der Waals surface area contributed by atoms with Crippen molar-refractivity contribution >= 4 is 46.9 Å². The number of hydrazone groups is 1.